The highest BCUT2D eigenvalue weighted by atomic mass is 31.2. The number of hydrogen-bond acceptors (Lipinski definition) is 3. The van der Waals surface area contributed by atoms with E-state index in [4.69, 9.17) is 0 Å². The highest BCUT2D eigenvalue weighted by Gasteiger charge is 2.32. The van der Waals surface area contributed by atoms with Gasteiger partial charge >= 0.3 is 5.97 Å². The Morgan fingerprint density at radius 1 is 1.80 bits per heavy atom. The van der Waals surface area contributed by atoms with Crippen LogP contribution in [-0.2, 0) is 13.9 Å². The van der Waals surface area contributed by atoms with Gasteiger partial charge < -0.3 is 4.52 Å². The zero-order valence-corrected chi connectivity index (χ0v) is 6.47. The molecule has 1 fully saturated rings. The third-order valence-electron chi connectivity index (χ3n) is 1.33. The fourth-order valence-electron chi connectivity index (χ4n) is 0.864. The highest BCUT2D eigenvalue weighted by Crippen LogP contribution is 2.51. The highest BCUT2D eigenvalue weighted by molar-refractivity contribution is 7.60. The molecule has 1 heterocycles. The Morgan fingerprint density at radius 2 is 2.50 bits per heavy atom. The van der Waals surface area contributed by atoms with Gasteiger partial charge in [0.25, 0.3) is 7.37 Å². The smallest absolute Gasteiger partial charge is 0.311 e. The van der Waals surface area contributed by atoms with Gasteiger partial charge in [0.05, 0.1) is 12.6 Å². The van der Waals surface area contributed by atoms with Crippen molar-refractivity contribution in [2.75, 3.05) is 12.3 Å². The fourth-order valence-corrected chi connectivity index (χ4v) is 2.59. The summed E-state index contributed by atoms with van der Waals surface area (Å²) in [5.41, 5.74) is 0. The summed E-state index contributed by atoms with van der Waals surface area (Å²) >= 11 is 0. The maximum Gasteiger partial charge on any atom is 0.311 e. The Bertz CT molecular complexity index is 209. The average Bonchev–Trinajstić information content (AvgIpc) is 2.12. The lowest BCUT2D eigenvalue weighted by Gasteiger charge is -2.04. The van der Waals surface area contributed by atoms with Crippen LogP contribution in [0.2, 0.25) is 0 Å². The van der Waals surface area contributed by atoms with E-state index in [0.717, 1.165) is 0 Å². The lowest BCUT2D eigenvalue weighted by molar-refractivity contribution is -0.132. The summed E-state index contributed by atoms with van der Waals surface area (Å²) in [6, 6.07) is 0. The average molecular weight is 160 g/mol. The molecule has 0 aliphatic carbocycles. The molecular formula is C6H9O3P. The molecule has 1 unspecified atom stereocenters. The van der Waals surface area contributed by atoms with Crippen LogP contribution in [0.5, 0.6) is 0 Å². The van der Waals surface area contributed by atoms with Gasteiger partial charge in [0.15, 0.2) is 0 Å². The number of allylic oxidation sites excluding steroid dienone is 1. The maximum absolute atomic E-state index is 11.3. The van der Waals surface area contributed by atoms with E-state index in [0.29, 0.717) is 18.7 Å². The van der Waals surface area contributed by atoms with Crippen LogP contribution in [0.15, 0.2) is 12.7 Å². The molecule has 0 N–H and O–H groups in total. The number of rotatable bonds is 2. The van der Waals surface area contributed by atoms with E-state index in [-0.39, 0.29) is 5.97 Å². The van der Waals surface area contributed by atoms with E-state index >= 15 is 0 Å². The van der Waals surface area contributed by atoms with Gasteiger partial charge in [-0.25, -0.2) is 0 Å². The summed E-state index contributed by atoms with van der Waals surface area (Å²) in [6.45, 7) is 3.43. The van der Waals surface area contributed by atoms with Gasteiger partial charge in [-0.3, -0.25) is 9.36 Å². The van der Waals surface area contributed by atoms with Crippen LogP contribution in [0.3, 0.4) is 0 Å². The van der Waals surface area contributed by atoms with Crippen molar-refractivity contribution in [3.05, 3.63) is 12.7 Å². The molecule has 1 saturated heterocycles. The van der Waals surface area contributed by atoms with Crippen molar-refractivity contribution >= 4 is 13.3 Å². The number of carbonyl (C=O) groups excluding carboxylic acids is 1. The molecule has 10 heavy (non-hydrogen) atoms. The third-order valence-corrected chi connectivity index (χ3v) is 3.59. The van der Waals surface area contributed by atoms with Crippen molar-refractivity contribution in [1.29, 1.82) is 0 Å². The first-order valence-corrected chi connectivity index (χ1v) is 5.07. The minimum Gasteiger partial charge on any atom is -0.411 e. The number of carbonyl (C=O) groups is 1. The standard InChI is InChI=1S/C6H9O3P/c1-2-4-10(8)5-3-6(7)9-10/h2H,1,3-5H2. The minimum atomic E-state index is -2.59. The summed E-state index contributed by atoms with van der Waals surface area (Å²) in [7, 11) is -2.59. The van der Waals surface area contributed by atoms with Crippen LogP contribution in [0.25, 0.3) is 0 Å². The van der Waals surface area contributed by atoms with Crippen LogP contribution in [0.1, 0.15) is 6.42 Å². The van der Waals surface area contributed by atoms with Crippen LogP contribution in [-0.4, -0.2) is 18.3 Å². The molecule has 0 saturated carbocycles. The summed E-state index contributed by atoms with van der Waals surface area (Å²) in [5, 5.41) is 0. The molecule has 1 rings (SSSR count). The van der Waals surface area contributed by atoms with Crippen LogP contribution >= 0.6 is 7.37 Å². The molecule has 56 valence electrons. The monoisotopic (exact) mass is 160 g/mol. The molecule has 1 atom stereocenters. The first kappa shape index (κ1) is 7.55. The topological polar surface area (TPSA) is 43.4 Å². The molecule has 1 aliphatic heterocycles. The molecular weight excluding hydrogens is 151 g/mol. The van der Waals surface area contributed by atoms with E-state index in [9.17, 15) is 9.36 Å². The molecule has 0 aromatic heterocycles. The van der Waals surface area contributed by atoms with Gasteiger partial charge in [-0.15, -0.1) is 6.58 Å². The summed E-state index contributed by atoms with van der Waals surface area (Å²) < 4.78 is 15.9. The molecule has 0 radical (unpaired) electrons. The third kappa shape index (κ3) is 1.48. The van der Waals surface area contributed by atoms with Gasteiger partial charge in [0.1, 0.15) is 0 Å². The second-order valence-electron chi connectivity index (χ2n) is 2.22. The Balaban J connectivity index is 2.63. The Kier molecular flexibility index (Phi) is 1.95. The molecule has 0 amide bonds. The Morgan fingerprint density at radius 3 is 2.90 bits per heavy atom. The van der Waals surface area contributed by atoms with Crippen molar-refractivity contribution in [2.45, 2.75) is 6.42 Å². The zero-order valence-electron chi connectivity index (χ0n) is 5.58. The van der Waals surface area contributed by atoms with Gasteiger partial charge in [-0.1, -0.05) is 6.08 Å². The van der Waals surface area contributed by atoms with Gasteiger partial charge in [-0.05, 0) is 0 Å². The van der Waals surface area contributed by atoms with Crippen molar-refractivity contribution in [3.63, 3.8) is 0 Å². The van der Waals surface area contributed by atoms with E-state index in [1.165, 1.54) is 6.08 Å². The van der Waals surface area contributed by atoms with Gasteiger partial charge in [0, 0.05) is 6.16 Å². The Hall–Kier alpha value is -0.560. The largest absolute Gasteiger partial charge is 0.411 e. The SMILES string of the molecule is C=CCP1(=O)CCC(=O)O1. The summed E-state index contributed by atoms with van der Waals surface area (Å²) in [4.78, 5) is 10.5. The van der Waals surface area contributed by atoms with Crippen molar-refractivity contribution in [3.8, 4) is 0 Å². The lowest BCUT2D eigenvalue weighted by Crippen LogP contribution is -1.89. The molecule has 3 nitrogen and oxygen atoms in total. The summed E-state index contributed by atoms with van der Waals surface area (Å²) in [6.07, 6.45) is 2.53. The van der Waals surface area contributed by atoms with E-state index < -0.39 is 7.37 Å². The zero-order chi connectivity index (χ0) is 7.61. The van der Waals surface area contributed by atoms with Crippen LogP contribution in [0.4, 0.5) is 0 Å². The predicted molar refractivity (Wildman–Crippen MR) is 38.2 cm³/mol. The van der Waals surface area contributed by atoms with E-state index in [1.54, 1.807) is 0 Å². The second kappa shape index (κ2) is 2.59. The Labute approximate surface area is 59.5 Å². The minimum absolute atomic E-state index is 0.297. The summed E-state index contributed by atoms with van der Waals surface area (Å²) in [5.74, 6) is -0.342. The van der Waals surface area contributed by atoms with Crippen molar-refractivity contribution in [2.24, 2.45) is 0 Å². The first-order chi connectivity index (χ1) is 4.66. The molecule has 1 aliphatic rings. The van der Waals surface area contributed by atoms with Crippen molar-refractivity contribution < 1.29 is 13.9 Å². The van der Waals surface area contributed by atoms with E-state index in [2.05, 4.69) is 11.1 Å². The maximum atomic E-state index is 11.3. The lowest BCUT2D eigenvalue weighted by atomic mass is 10.5. The molecule has 0 aromatic rings. The quantitative estimate of drug-likeness (QED) is 0.453. The molecule has 4 heteroatoms. The van der Waals surface area contributed by atoms with E-state index in [1.807, 2.05) is 0 Å². The van der Waals surface area contributed by atoms with Crippen LogP contribution in [0, 0.1) is 0 Å². The fraction of sp³-hybridized carbons (Fsp3) is 0.500. The predicted octanol–water partition coefficient (Wildman–Crippen LogP) is 1.40. The second-order valence-corrected chi connectivity index (χ2v) is 4.85. The normalized spacial score (nSPS) is 31.8. The van der Waals surface area contributed by atoms with Gasteiger partial charge in [-0.2, -0.15) is 0 Å². The molecule has 0 aromatic carbocycles. The molecule has 0 bridgehead atoms. The molecule has 0 spiro atoms. The van der Waals surface area contributed by atoms with Crippen LogP contribution < -0.4 is 0 Å². The first-order valence-electron chi connectivity index (χ1n) is 3.08. The van der Waals surface area contributed by atoms with Gasteiger partial charge in [0.2, 0.25) is 0 Å². The van der Waals surface area contributed by atoms with Crippen molar-refractivity contribution in [1.82, 2.24) is 0 Å². The number of hydrogen-bond donors (Lipinski definition) is 0.